The molecule has 2 saturated heterocycles. The summed E-state index contributed by atoms with van der Waals surface area (Å²) >= 11 is 2.71. The number of hydrogen-bond donors (Lipinski definition) is 1. The molecule has 0 aromatic carbocycles. The van der Waals surface area contributed by atoms with Crippen LogP contribution >= 0.6 is 23.5 Å². The summed E-state index contributed by atoms with van der Waals surface area (Å²) in [6.45, 7) is 2.17. The van der Waals surface area contributed by atoms with E-state index in [9.17, 15) is 9.59 Å². The summed E-state index contributed by atoms with van der Waals surface area (Å²) in [6, 6.07) is -0.178. The predicted octanol–water partition coefficient (Wildman–Crippen LogP) is 0.224. The second-order valence-corrected chi connectivity index (χ2v) is 5.46. The van der Waals surface area contributed by atoms with Crippen LogP contribution in [-0.4, -0.2) is 40.1 Å². The zero-order valence-corrected chi connectivity index (χ0v) is 9.37. The van der Waals surface area contributed by atoms with Gasteiger partial charge in [-0.3, -0.25) is 10.1 Å². The Hall–Kier alpha value is -0.200. The van der Waals surface area contributed by atoms with Crippen LogP contribution in [0, 0.1) is 0 Å². The van der Waals surface area contributed by atoms with E-state index in [1.54, 1.807) is 6.92 Å². The lowest BCUT2D eigenvalue weighted by Crippen LogP contribution is -2.56. The molecule has 2 rings (SSSR count). The van der Waals surface area contributed by atoms with E-state index in [-0.39, 0.29) is 17.1 Å². The fourth-order valence-corrected chi connectivity index (χ4v) is 4.09. The molecule has 4 nitrogen and oxygen atoms in total. The maximum Gasteiger partial charge on any atom is 0.337 e. The first-order chi connectivity index (χ1) is 6.68. The molecule has 0 aromatic heterocycles. The third-order valence-corrected chi connectivity index (χ3v) is 4.96. The molecule has 2 bridgehead atoms. The Kier molecular flexibility index (Phi) is 2.77. The average Bonchev–Trinajstić information content (AvgIpc) is 2.54. The normalized spacial score (nSPS) is 35.8. The topological polar surface area (TPSA) is 55.4 Å². The number of nitrogens with one attached hydrogen (secondary N) is 1. The van der Waals surface area contributed by atoms with E-state index in [1.165, 1.54) is 23.5 Å². The minimum absolute atomic E-state index is 0.134. The molecule has 2 unspecified atom stereocenters. The maximum absolute atomic E-state index is 11.7. The summed E-state index contributed by atoms with van der Waals surface area (Å²) < 4.78 is 4.99. The van der Waals surface area contributed by atoms with Gasteiger partial charge in [0.15, 0.2) is 4.87 Å². The number of thioether (sulfide) groups is 2. The van der Waals surface area contributed by atoms with Crippen molar-refractivity contribution in [2.45, 2.75) is 17.8 Å². The van der Waals surface area contributed by atoms with Crippen LogP contribution in [0.25, 0.3) is 0 Å². The smallest absolute Gasteiger partial charge is 0.337 e. The second kappa shape index (κ2) is 3.75. The number of carbonyl (C=O) groups is 2. The lowest BCUT2D eigenvalue weighted by molar-refractivity contribution is -0.146. The fourth-order valence-electron chi connectivity index (χ4n) is 1.50. The van der Waals surface area contributed by atoms with E-state index in [2.05, 4.69) is 5.32 Å². The van der Waals surface area contributed by atoms with Gasteiger partial charge in [0, 0.05) is 11.5 Å². The van der Waals surface area contributed by atoms with Crippen molar-refractivity contribution in [1.82, 2.24) is 5.32 Å². The summed E-state index contributed by atoms with van der Waals surface area (Å²) in [5.41, 5.74) is 0. The molecule has 1 N–H and O–H groups in total. The highest BCUT2D eigenvalue weighted by Gasteiger charge is 2.52. The first-order valence-electron chi connectivity index (χ1n) is 4.43. The monoisotopic (exact) mass is 233 g/mol. The Morgan fingerprint density at radius 3 is 3.29 bits per heavy atom. The first-order valence-corrected chi connectivity index (χ1v) is 6.40. The molecular weight excluding hydrogens is 222 g/mol. The third-order valence-electron chi connectivity index (χ3n) is 2.21. The Morgan fingerprint density at radius 1 is 1.79 bits per heavy atom. The van der Waals surface area contributed by atoms with E-state index in [1.807, 2.05) is 0 Å². The molecule has 2 heterocycles. The van der Waals surface area contributed by atoms with Crippen LogP contribution in [0.15, 0.2) is 0 Å². The van der Waals surface area contributed by atoms with Crippen molar-refractivity contribution < 1.29 is 14.3 Å². The fraction of sp³-hybridized carbons (Fsp3) is 0.750. The van der Waals surface area contributed by atoms with Gasteiger partial charge in [0.1, 0.15) is 0 Å². The molecule has 14 heavy (non-hydrogen) atoms. The summed E-state index contributed by atoms with van der Waals surface area (Å²) in [7, 11) is 0. The molecule has 0 amide bonds. The van der Waals surface area contributed by atoms with E-state index in [4.69, 9.17) is 4.74 Å². The molecule has 0 aromatic rings. The van der Waals surface area contributed by atoms with Gasteiger partial charge in [-0.2, -0.15) is 0 Å². The molecule has 2 aliphatic rings. The minimum atomic E-state index is -0.667. The van der Waals surface area contributed by atoms with Crippen molar-refractivity contribution in [3.05, 3.63) is 0 Å². The van der Waals surface area contributed by atoms with Crippen LogP contribution in [0.2, 0.25) is 0 Å². The van der Waals surface area contributed by atoms with Gasteiger partial charge in [-0.05, 0) is 6.92 Å². The van der Waals surface area contributed by atoms with Gasteiger partial charge in [0.25, 0.3) is 0 Å². The van der Waals surface area contributed by atoms with Gasteiger partial charge in [-0.25, -0.2) is 4.79 Å². The standard InChI is InChI=1S/C8H11NO3S2/c1-2-12-7(11)8-4-13-6(10)5(9-8)3-14-8/h5,9H,2-4H2,1H3. The highest BCUT2D eigenvalue weighted by atomic mass is 32.2. The van der Waals surface area contributed by atoms with Crippen molar-refractivity contribution in [1.29, 1.82) is 0 Å². The predicted molar refractivity (Wildman–Crippen MR) is 56.2 cm³/mol. The number of rotatable bonds is 2. The third kappa shape index (κ3) is 1.55. The molecule has 0 radical (unpaired) electrons. The summed E-state index contributed by atoms with van der Waals surface area (Å²) in [5, 5.41) is 3.19. The Labute approximate surface area is 90.5 Å². The Balaban J connectivity index is 2.11. The van der Waals surface area contributed by atoms with E-state index in [0.717, 1.165) is 0 Å². The number of fused-ring (bicyclic) bond motifs is 2. The van der Waals surface area contributed by atoms with Crippen LogP contribution in [0.5, 0.6) is 0 Å². The lowest BCUT2D eigenvalue weighted by Gasteiger charge is -2.29. The average molecular weight is 233 g/mol. The van der Waals surface area contributed by atoms with Crippen molar-refractivity contribution in [2.24, 2.45) is 0 Å². The molecule has 2 aliphatic heterocycles. The van der Waals surface area contributed by atoms with Crippen molar-refractivity contribution >= 4 is 34.6 Å². The van der Waals surface area contributed by atoms with E-state index < -0.39 is 4.87 Å². The Bertz CT molecular complexity index is 284. The number of ether oxygens (including phenoxy) is 1. The number of esters is 1. The molecule has 0 aliphatic carbocycles. The van der Waals surface area contributed by atoms with Gasteiger partial charge in [-0.1, -0.05) is 11.8 Å². The first kappa shape index (κ1) is 10.3. The lowest BCUT2D eigenvalue weighted by atomic mass is 10.2. The van der Waals surface area contributed by atoms with Crippen LogP contribution in [0.3, 0.4) is 0 Å². The highest BCUT2D eigenvalue weighted by Crippen LogP contribution is 2.40. The summed E-state index contributed by atoms with van der Waals surface area (Å²) in [6.07, 6.45) is 0. The largest absolute Gasteiger partial charge is 0.464 e. The molecule has 6 heteroatoms. The van der Waals surface area contributed by atoms with Crippen LogP contribution < -0.4 is 5.32 Å². The zero-order chi connectivity index (χ0) is 10.2. The minimum Gasteiger partial charge on any atom is -0.464 e. The maximum atomic E-state index is 11.7. The van der Waals surface area contributed by atoms with E-state index in [0.29, 0.717) is 18.1 Å². The summed E-state index contributed by atoms with van der Waals surface area (Å²) in [4.78, 5) is 22.3. The van der Waals surface area contributed by atoms with Gasteiger partial charge in [0.05, 0.1) is 12.6 Å². The highest BCUT2D eigenvalue weighted by molar-refractivity contribution is 8.15. The van der Waals surface area contributed by atoms with Crippen molar-refractivity contribution in [3.8, 4) is 0 Å². The Morgan fingerprint density at radius 2 is 2.57 bits per heavy atom. The van der Waals surface area contributed by atoms with Gasteiger partial charge >= 0.3 is 5.97 Å². The van der Waals surface area contributed by atoms with Crippen molar-refractivity contribution in [3.63, 3.8) is 0 Å². The van der Waals surface area contributed by atoms with E-state index >= 15 is 0 Å². The van der Waals surface area contributed by atoms with Gasteiger partial charge in [0.2, 0.25) is 5.12 Å². The van der Waals surface area contributed by atoms with Gasteiger partial charge < -0.3 is 4.74 Å². The van der Waals surface area contributed by atoms with Crippen LogP contribution in [0.4, 0.5) is 0 Å². The van der Waals surface area contributed by atoms with Crippen LogP contribution in [-0.2, 0) is 14.3 Å². The summed E-state index contributed by atoms with van der Waals surface area (Å²) in [5.74, 6) is 0.906. The number of hydrogen-bond acceptors (Lipinski definition) is 6. The molecular formula is C8H11NO3S2. The van der Waals surface area contributed by atoms with Crippen LogP contribution in [0.1, 0.15) is 6.92 Å². The van der Waals surface area contributed by atoms with Gasteiger partial charge in [-0.15, -0.1) is 11.8 Å². The molecule has 0 saturated carbocycles. The quantitative estimate of drug-likeness (QED) is 0.689. The second-order valence-electron chi connectivity index (χ2n) is 3.16. The molecule has 2 atom stereocenters. The zero-order valence-electron chi connectivity index (χ0n) is 7.74. The van der Waals surface area contributed by atoms with Crippen molar-refractivity contribution in [2.75, 3.05) is 18.1 Å². The SMILES string of the molecule is CCOC(=O)C12CSC(=O)C(CS1)N2. The molecule has 78 valence electrons. The molecule has 2 fully saturated rings. The number of carbonyl (C=O) groups excluding carboxylic acids is 2. The molecule has 0 spiro atoms.